The first kappa shape index (κ1) is 12.3. The van der Waals surface area contributed by atoms with Gasteiger partial charge in [-0.25, -0.2) is 0 Å². The molecule has 1 fully saturated rings. The van der Waals surface area contributed by atoms with Crippen LogP contribution >= 0.6 is 0 Å². The van der Waals surface area contributed by atoms with Crippen molar-refractivity contribution in [3.8, 4) is 0 Å². The van der Waals surface area contributed by atoms with Crippen molar-refractivity contribution in [1.29, 1.82) is 0 Å². The number of aromatic nitrogens is 1. The van der Waals surface area contributed by atoms with E-state index in [0.29, 0.717) is 5.56 Å². The van der Waals surface area contributed by atoms with E-state index >= 15 is 0 Å². The number of hydrogen-bond acceptors (Lipinski definition) is 3. The second-order valence-electron chi connectivity index (χ2n) is 4.31. The lowest BCUT2D eigenvalue weighted by molar-refractivity contribution is 0.0916. The van der Waals surface area contributed by atoms with Gasteiger partial charge in [-0.2, -0.15) is 0 Å². The Morgan fingerprint density at radius 2 is 2.06 bits per heavy atom. The summed E-state index contributed by atoms with van der Waals surface area (Å²) < 4.78 is 0. The molecule has 0 aliphatic heterocycles. The van der Waals surface area contributed by atoms with Crippen molar-refractivity contribution in [3.63, 3.8) is 0 Å². The molecule has 0 atom stereocenters. The molecule has 2 rings (SSSR count). The van der Waals surface area contributed by atoms with Gasteiger partial charge >= 0.3 is 0 Å². The van der Waals surface area contributed by atoms with Crippen LogP contribution in [0.5, 0.6) is 0 Å². The van der Waals surface area contributed by atoms with Crippen LogP contribution in [0, 0.1) is 0 Å². The maximum Gasteiger partial charge on any atom is 0.260 e. The number of pyridine rings is 1. The highest BCUT2D eigenvalue weighted by atomic mass is 16.2. The number of amides is 2. The number of aromatic amines is 1. The van der Waals surface area contributed by atoms with Crippen molar-refractivity contribution >= 4 is 11.8 Å². The van der Waals surface area contributed by atoms with E-state index in [1.165, 1.54) is 19.3 Å². The molecule has 6 nitrogen and oxygen atoms in total. The zero-order valence-corrected chi connectivity index (χ0v) is 10.1. The third-order valence-electron chi connectivity index (χ3n) is 3.08. The molecule has 2 amide bonds. The van der Waals surface area contributed by atoms with Crippen molar-refractivity contribution in [2.75, 3.05) is 7.05 Å². The molecule has 0 bridgehead atoms. The average Bonchev–Trinajstić information content (AvgIpc) is 2.33. The number of nitrogens with one attached hydrogen (secondary N) is 3. The molecule has 0 aromatic carbocycles. The van der Waals surface area contributed by atoms with Crippen LogP contribution in [0.25, 0.3) is 0 Å². The maximum absolute atomic E-state index is 11.9. The summed E-state index contributed by atoms with van der Waals surface area (Å²) in [5.41, 5.74) is -0.270. The zero-order chi connectivity index (χ0) is 13.1. The van der Waals surface area contributed by atoms with Crippen LogP contribution in [0.15, 0.2) is 17.1 Å². The average molecular weight is 249 g/mol. The molecule has 18 heavy (non-hydrogen) atoms. The van der Waals surface area contributed by atoms with Gasteiger partial charge in [-0.3, -0.25) is 14.4 Å². The molecule has 1 saturated carbocycles. The van der Waals surface area contributed by atoms with Gasteiger partial charge in [-0.15, -0.1) is 0 Å². The van der Waals surface area contributed by atoms with Crippen LogP contribution in [-0.2, 0) is 0 Å². The van der Waals surface area contributed by atoms with Gasteiger partial charge in [0.15, 0.2) is 0 Å². The van der Waals surface area contributed by atoms with E-state index in [1.54, 1.807) is 0 Å². The van der Waals surface area contributed by atoms with E-state index in [1.807, 2.05) is 0 Å². The predicted octanol–water partition coefficient (Wildman–Crippen LogP) is 0.0168. The summed E-state index contributed by atoms with van der Waals surface area (Å²) in [5.74, 6) is -0.768. The minimum absolute atomic E-state index is 0.0567. The smallest absolute Gasteiger partial charge is 0.260 e. The number of carbonyl (C=O) groups excluding carboxylic acids is 2. The number of hydrogen-bond donors (Lipinski definition) is 3. The van der Waals surface area contributed by atoms with Crippen LogP contribution in [0.1, 0.15) is 40.0 Å². The van der Waals surface area contributed by atoms with Gasteiger partial charge in [-0.05, 0) is 25.3 Å². The Kier molecular flexibility index (Phi) is 3.45. The van der Waals surface area contributed by atoms with Crippen molar-refractivity contribution in [3.05, 3.63) is 33.7 Å². The molecule has 0 spiro atoms. The second-order valence-corrected chi connectivity index (χ2v) is 4.31. The normalized spacial score (nSPS) is 14.7. The molecular weight excluding hydrogens is 234 g/mol. The Hall–Kier alpha value is -2.11. The Balaban J connectivity index is 2.20. The standard InChI is InChI=1S/C12H15N3O3/c1-13-11(17)9-5-7(6-14-12(9)18)10(16)15-8-3-2-4-8/h5-6,8H,2-4H2,1H3,(H,13,17)(H,14,18)(H,15,16). The molecule has 0 radical (unpaired) electrons. The number of rotatable bonds is 3. The first-order valence-corrected chi connectivity index (χ1v) is 5.87. The van der Waals surface area contributed by atoms with Crippen molar-refractivity contribution in [1.82, 2.24) is 15.6 Å². The molecule has 1 aliphatic rings. The molecule has 0 saturated heterocycles. The van der Waals surface area contributed by atoms with E-state index in [-0.39, 0.29) is 17.5 Å². The first-order valence-electron chi connectivity index (χ1n) is 5.87. The molecule has 96 valence electrons. The highest BCUT2D eigenvalue weighted by Crippen LogP contribution is 2.18. The Morgan fingerprint density at radius 1 is 1.33 bits per heavy atom. The summed E-state index contributed by atoms with van der Waals surface area (Å²) in [7, 11) is 1.43. The molecule has 1 aromatic rings. The van der Waals surface area contributed by atoms with Gasteiger partial charge in [0, 0.05) is 19.3 Å². The molecule has 1 aromatic heterocycles. The summed E-state index contributed by atoms with van der Waals surface area (Å²) in [6.07, 6.45) is 4.41. The Labute approximate surface area is 104 Å². The zero-order valence-electron chi connectivity index (χ0n) is 10.1. The van der Waals surface area contributed by atoms with Crippen molar-refractivity contribution in [2.24, 2.45) is 0 Å². The monoisotopic (exact) mass is 249 g/mol. The van der Waals surface area contributed by atoms with E-state index in [9.17, 15) is 14.4 Å². The third-order valence-corrected chi connectivity index (χ3v) is 3.08. The molecular formula is C12H15N3O3. The molecule has 6 heteroatoms. The quantitative estimate of drug-likeness (QED) is 0.705. The first-order chi connectivity index (χ1) is 8.61. The Morgan fingerprint density at radius 3 is 2.61 bits per heavy atom. The van der Waals surface area contributed by atoms with E-state index in [0.717, 1.165) is 19.3 Å². The van der Waals surface area contributed by atoms with Gasteiger partial charge in [0.05, 0.1) is 5.56 Å². The fraction of sp³-hybridized carbons (Fsp3) is 0.417. The van der Waals surface area contributed by atoms with Gasteiger partial charge in [0.1, 0.15) is 5.56 Å². The highest BCUT2D eigenvalue weighted by Gasteiger charge is 2.21. The fourth-order valence-electron chi connectivity index (χ4n) is 1.74. The van der Waals surface area contributed by atoms with Crippen LogP contribution < -0.4 is 16.2 Å². The van der Waals surface area contributed by atoms with Gasteiger partial charge in [0.25, 0.3) is 17.4 Å². The lowest BCUT2D eigenvalue weighted by Crippen LogP contribution is -2.40. The van der Waals surface area contributed by atoms with Crippen LogP contribution in [0.2, 0.25) is 0 Å². The topological polar surface area (TPSA) is 91.1 Å². The fourth-order valence-corrected chi connectivity index (χ4v) is 1.74. The van der Waals surface area contributed by atoms with Crippen LogP contribution in [0.3, 0.4) is 0 Å². The van der Waals surface area contributed by atoms with Gasteiger partial charge < -0.3 is 15.6 Å². The summed E-state index contributed by atoms with van der Waals surface area (Å²) >= 11 is 0. The Bertz CT molecular complexity index is 532. The summed E-state index contributed by atoms with van der Waals surface area (Å²) in [6, 6.07) is 1.53. The number of H-pyrrole nitrogens is 1. The summed E-state index contributed by atoms with van der Waals surface area (Å²) in [5, 5.41) is 5.20. The number of carbonyl (C=O) groups is 2. The van der Waals surface area contributed by atoms with Crippen molar-refractivity contribution < 1.29 is 9.59 Å². The maximum atomic E-state index is 11.9. The minimum atomic E-state index is -0.505. The van der Waals surface area contributed by atoms with E-state index in [4.69, 9.17) is 0 Å². The van der Waals surface area contributed by atoms with Crippen molar-refractivity contribution in [2.45, 2.75) is 25.3 Å². The second kappa shape index (κ2) is 5.03. The van der Waals surface area contributed by atoms with Crippen LogP contribution in [0.4, 0.5) is 0 Å². The third kappa shape index (κ3) is 2.42. The van der Waals surface area contributed by atoms with Gasteiger partial charge in [0.2, 0.25) is 0 Å². The van der Waals surface area contributed by atoms with E-state index < -0.39 is 11.5 Å². The van der Waals surface area contributed by atoms with E-state index in [2.05, 4.69) is 15.6 Å². The summed E-state index contributed by atoms with van der Waals surface area (Å²) in [4.78, 5) is 37.1. The highest BCUT2D eigenvalue weighted by molar-refractivity contribution is 5.99. The largest absolute Gasteiger partial charge is 0.355 e. The van der Waals surface area contributed by atoms with Crippen LogP contribution in [-0.4, -0.2) is 29.9 Å². The molecule has 3 N–H and O–H groups in total. The lowest BCUT2D eigenvalue weighted by Gasteiger charge is -2.26. The summed E-state index contributed by atoms with van der Waals surface area (Å²) in [6.45, 7) is 0. The molecule has 1 aliphatic carbocycles. The predicted molar refractivity (Wildman–Crippen MR) is 65.6 cm³/mol. The molecule has 0 unspecified atom stereocenters. The SMILES string of the molecule is CNC(=O)c1cc(C(=O)NC2CCC2)c[nH]c1=O. The lowest BCUT2D eigenvalue weighted by atomic mass is 9.93. The van der Waals surface area contributed by atoms with Gasteiger partial charge in [-0.1, -0.05) is 0 Å². The minimum Gasteiger partial charge on any atom is -0.355 e. The molecule has 1 heterocycles.